The molecule has 3 rings (SSSR count). The maximum Gasteiger partial charge on any atom is 0.408 e. The number of nitrogens with two attached hydrogens (primary N) is 1. The number of anilines is 1. The number of carbonyl (C=O) groups is 1. The molecule has 2 atom stereocenters. The Morgan fingerprint density at radius 3 is 2.54 bits per heavy atom. The van der Waals surface area contributed by atoms with Gasteiger partial charge in [-0.1, -0.05) is 6.42 Å². The molecule has 0 radical (unpaired) electrons. The Bertz CT molecular complexity index is 563. The zero-order valence-electron chi connectivity index (χ0n) is 13.1. The van der Waals surface area contributed by atoms with Crippen molar-refractivity contribution in [1.29, 1.82) is 0 Å². The second-order valence-corrected chi connectivity index (χ2v) is 6.73. The lowest BCUT2D eigenvalue weighted by Gasteiger charge is -2.43. The molecule has 2 unspecified atom stereocenters. The quantitative estimate of drug-likeness (QED) is 0.863. The maximum atomic E-state index is 12.4. The third kappa shape index (κ3) is 4.42. The Balaban J connectivity index is 0.00000208. The van der Waals surface area contributed by atoms with Crippen LogP contribution in [0, 0.1) is 17.8 Å². The number of rotatable bonds is 3. The Hall–Kier alpha value is -1.28. The Kier molecular flexibility index (Phi) is 5.80. The largest absolute Gasteiger partial charge is 0.408 e. The summed E-state index contributed by atoms with van der Waals surface area (Å²) in [6.45, 7) is -1.16. The van der Waals surface area contributed by atoms with Crippen LogP contribution in [-0.2, 0) is 11.3 Å². The molecule has 2 fully saturated rings. The molecule has 2 saturated carbocycles. The Morgan fingerprint density at radius 2 is 1.96 bits per heavy atom. The zero-order chi connectivity index (χ0) is 16.6. The average molecular weight is 367 g/mol. The van der Waals surface area contributed by atoms with Crippen molar-refractivity contribution in [2.75, 3.05) is 5.32 Å². The van der Waals surface area contributed by atoms with Crippen LogP contribution in [0.15, 0.2) is 12.4 Å². The molecule has 136 valence electrons. The molecule has 0 aliphatic heterocycles. The van der Waals surface area contributed by atoms with Crippen molar-refractivity contribution in [2.24, 2.45) is 23.5 Å². The van der Waals surface area contributed by atoms with E-state index in [-0.39, 0.29) is 30.3 Å². The molecule has 9 heteroatoms. The summed E-state index contributed by atoms with van der Waals surface area (Å²) in [5.74, 6) is 0.508. The van der Waals surface area contributed by atoms with E-state index in [1.54, 1.807) is 0 Å². The number of halogens is 4. The number of hydrogen-bond acceptors (Lipinski definition) is 3. The summed E-state index contributed by atoms with van der Waals surface area (Å²) in [5.41, 5.74) is 6.51. The van der Waals surface area contributed by atoms with Crippen LogP contribution in [-0.4, -0.2) is 27.9 Å². The van der Waals surface area contributed by atoms with Crippen LogP contribution >= 0.6 is 12.4 Å². The molecule has 1 amide bonds. The first-order valence-corrected chi connectivity index (χ1v) is 7.97. The normalized spacial score (nSPS) is 29.7. The summed E-state index contributed by atoms with van der Waals surface area (Å²) >= 11 is 0. The van der Waals surface area contributed by atoms with Gasteiger partial charge < -0.3 is 11.1 Å². The second kappa shape index (κ2) is 7.31. The highest BCUT2D eigenvalue weighted by atomic mass is 35.5. The van der Waals surface area contributed by atoms with E-state index in [4.69, 9.17) is 5.73 Å². The number of fused-ring (bicyclic) bond motifs is 2. The first kappa shape index (κ1) is 19.1. The van der Waals surface area contributed by atoms with Crippen molar-refractivity contribution in [2.45, 2.75) is 50.9 Å². The smallest absolute Gasteiger partial charge is 0.327 e. The van der Waals surface area contributed by atoms with Gasteiger partial charge in [-0.05, 0) is 37.5 Å². The van der Waals surface area contributed by atoms with E-state index >= 15 is 0 Å². The number of nitrogens with one attached hydrogen (secondary N) is 1. The van der Waals surface area contributed by atoms with Gasteiger partial charge in [-0.15, -0.1) is 12.4 Å². The molecule has 2 bridgehead atoms. The third-order valence-corrected chi connectivity index (χ3v) is 5.03. The lowest BCUT2D eigenvalue weighted by atomic mass is 9.65. The van der Waals surface area contributed by atoms with E-state index in [9.17, 15) is 18.0 Å². The highest BCUT2D eigenvalue weighted by molar-refractivity contribution is 5.92. The number of carbonyl (C=O) groups excluding carboxylic acids is 1. The molecule has 2 aliphatic carbocycles. The zero-order valence-corrected chi connectivity index (χ0v) is 13.9. The molecule has 0 aromatic carbocycles. The Labute approximate surface area is 144 Å². The van der Waals surface area contributed by atoms with Gasteiger partial charge in [0.1, 0.15) is 6.54 Å². The van der Waals surface area contributed by atoms with Crippen molar-refractivity contribution in [3.63, 3.8) is 0 Å². The minimum absolute atomic E-state index is 0. The van der Waals surface area contributed by atoms with Gasteiger partial charge in [0, 0.05) is 18.2 Å². The van der Waals surface area contributed by atoms with E-state index in [0.29, 0.717) is 17.5 Å². The van der Waals surface area contributed by atoms with Crippen LogP contribution in [0.5, 0.6) is 0 Å². The van der Waals surface area contributed by atoms with Crippen LogP contribution in [0.4, 0.5) is 18.9 Å². The summed E-state index contributed by atoms with van der Waals surface area (Å²) in [6, 6.07) is 0.183. The predicted octanol–water partition coefficient (Wildman–Crippen LogP) is 2.96. The van der Waals surface area contributed by atoms with Gasteiger partial charge in [0.25, 0.3) is 0 Å². The average Bonchev–Trinajstić information content (AvgIpc) is 2.83. The fourth-order valence-electron chi connectivity index (χ4n) is 3.95. The van der Waals surface area contributed by atoms with Gasteiger partial charge in [-0.25, -0.2) is 0 Å². The molecule has 0 saturated heterocycles. The standard InChI is InChI=1S/C15H21F3N4O.ClH/c16-15(17,18)8-22-7-12(6-20-22)21-14(23)11-4-9-2-1-3-10(5-11)13(9)19;/h6-7,9-11,13H,1-5,8,19H2,(H,21,23);1H. The molecule has 24 heavy (non-hydrogen) atoms. The molecule has 1 heterocycles. The highest BCUT2D eigenvalue weighted by Crippen LogP contribution is 2.42. The summed E-state index contributed by atoms with van der Waals surface area (Å²) < 4.78 is 37.7. The monoisotopic (exact) mass is 366 g/mol. The molecule has 2 aliphatic rings. The lowest BCUT2D eigenvalue weighted by molar-refractivity contribution is -0.142. The van der Waals surface area contributed by atoms with Crippen molar-refractivity contribution in [1.82, 2.24) is 9.78 Å². The van der Waals surface area contributed by atoms with Gasteiger partial charge in [0.05, 0.1) is 11.9 Å². The van der Waals surface area contributed by atoms with Gasteiger partial charge in [0.15, 0.2) is 0 Å². The van der Waals surface area contributed by atoms with E-state index in [2.05, 4.69) is 10.4 Å². The van der Waals surface area contributed by atoms with Crippen LogP contribution in [0.2, 0.25) is 0 Å². The van der Waals surface area contributed by atoms with E-state index in [1.165, 1.54) is 18.8 Å². The van der Waals surface area contributed by atoms with E-state index in [0.717, 1.165) is 30.4 Å². The fourth-order valence-corrected chi connectivity index (χ4v) is 3.95. The molecule has 1 aromatic rings. The molecule has 1 aromatic heterocycles. The van der Waals surface area contributed by atoms with E-state index in [1.807, 2.05) is 0 Å². The van der Waals surface area contributed by atoms with Crippen LogP contribution < -0.4 is 11.1 Å². The van der Waals surface area contributed by atoms with Gasteiger partial charge in [-0.2, -0.15) is 18.3 Å². The van der Waals surface area contributed by atoms with Crippen molar-refractivity contribution < 1.29 is 18.0 Å². The van der Waals surface area contributed by atoms with Crippen LogP contribution in [0.1, 0.15) is 32.1 Å². The van der Waals surface area contributed by atoms with Gasteiger partial charge >= 0.3 is 6.18 Å². The number of amides is 1. The highest BCUT2D eigenvalue weighted by Gasteiger charge is 2.40. The molecular formula is C15H22ClF3N4O. The summed E-state index contributed by atoms with van der Waals surface area (Å²) in [6.07, 6.45) is 2.95. The fraction of sp³-hybridized carbons (Fsp3) is 0.733. The Morgan fingerprint density at radius 1 is 1.33 bits per heavy atom. The minimum atomic E-state index is -4.33. The third-order valence-electron chi connectivity index (χ3n) is 5.03. The van der Waals surface area contributed by atoms with Crippen molar-refractivity contribution >= 4 is 24.0 Å². The molecular weight excluding hydrogens is 345 g/mol. The summed E-state index contributed by atoms with van der Waals surface area (Å²) in [7, 11) is 0. The van der Waals surface area contributed by atoms with Crippen molar-refractivity contribution in [3.05, 3.63) is 12.4 Å². The first-order valence-electron chi connectivity index (χ1n) is 7.97. The summed E-state index contributed by atoms with van der Waals surface area (Å²) in [4.78, 5) is 12.4. The lowest BCUT2D eigenvalue weighted by Crippen LogP contribution is -2.48. The molecule has 0 spiro atoms. The maximum absolute atomic E-state index is 12.4. The second-order valence-electron chi connectivity index (χ2n) is 6.73. The minimum Gasteiger partial charge on any atom is -0.327 e. The predicted molar refractivity (Wildman–Crippen MR) is 85.7 cm³/mol. The first-order chi connectivity index (χ1) is 10.8. The topological polar surface area (TPSA) is 72.9 Å². The van der Waals surface area contributed by atoms with Crippen LogP contribution in [0.3, 0.4) is 0 Å². The number of alkyl halides is 3. The number of nitrogens with zero attached hydrogens (tertiary/aromatic N) is 2. The van der Waals surface area contributed by atoms with Gasteiger partial charge in [-0.3, -0.25) is 9.48 Å². The number of aromatic nitrogens is 2. The SMILES string of the molecule is Cl.NC1C2CCCC1CC(C(=O)Nc1cnn(CC(F)(F)F)c1)C2. The van der Waals surface area contributed by atoms with E-state index < -0.39 is 12.7 Å². The van der Waals surface area contributed by atoms with Crippen molar-refractivity contribution in [3.8, 4) is 0 Å². The summed E-state index contributed by atoms with van der Waals surface area (Å²) in [5, 5.41) is 6.32. The number of hydrogen-bond donors (Lipinski definition) is 2. The molecule has 5 nitrogen and oxygen atoms in total. The van der Waals surface area contributed by atoms with Gasteiger partial charge in [0.2, 0.25) is 5.91 Å². The van der Waals surface area contributed by atoms with Crippen LogP contribution in [0.25, 0.3) is 0 Å². The molecule has 3 N–H and O–H groups in total.